The second-order valence-electron chi connectivity index (χ2n) is 8.43. The number of thioether (sulfide) groups is 1. The van der Waals surface area contributed by atoms with Crippen molar-refractivity contribution in [1.29, 1.82) is 0 Å². The fourth-order valence-electron chi connectivity index (χ4n) is 4.06. The number of nitrogens with zero attached hydrogens (tertiary/aromatic N) is 1. The maximum atomic E-state index is 14.1. The lowest BCUT2D eigenvalue weighted by molar-refractivity contribution is -0.120. The van der Waals surface area contributed by atoms with Crippen LogP contribution in [0, 0.1) is 12.7 Å². The molecule has 1 atom stereocenters. The van der Waals surface area contributed by atoms with Crippen molar-refractivity contribution in [2.24, 2.45) is 0 Å². The zero-order valence-corrected chi connectivity index (χ0v) is 22.1. The SMILES string of the molecule is CSc1ccc(S(=O)(=O)N(CC(=O)NC(c2ccccc2)c2ccccc2C)c2cccc(F)c2)cc1. The maximum Gasteiger partial charge on any atom is 0.264 e. The Morgan fingerprint density at radius 2 is 1.59 bits per heavy atom. The van der Waals surface area contributed by atoms with Crippen molar-refractivity contribution in [1.82, 2.24) is 5.32 Å². The summed E-state index contributed by atoms with van der Waals surface area (Å²) in [4.78, 5) is 14.4. The molecule has 5 nitrogen and oxygen atoms in total. The Bertz CT molecular complexity index is 1480. The van der Waals surface area contributed by atoms with Gasteiger partial charge in [0.05, 0.1) is 16.6 Å². The van der Waals surface area contributed by atoms with Crippen LogP contribution in [0.2, 0.25) is 0 Å². The number of hydrogen-bond donors (Lipinski definition) is 1. The highest BCUT2D eigenvalue weighted by Gasteiger charge is 2.29. The van der Waals surface area contributed by atoms with Crippen LogP contribution in [-0.2, 0) is 14.8 Å². The molecule has 0 spiro atoms. The maximum absolute atomic E-state index is 14.1. The zero-order valence-electron chi connectivity index (χ0n) is 20.5. The molecule has 0 aliphatic carbocycles. The van der Waals surface area contributed by atoms with Gasteiger partial charge >= 0.3 is 0 Å². The minimum absolute atomic E-state index is 0.0147. The van der Waals surface area contributed by atoms with Crippen molar-refractivity contribution in [3.63, 3.8) is 0 Å². The molecule has 4 aromatic carbocycles. The molecule has 4 aromatic rings. The molecule has 0 fully saturated rings. The normalized spacial score (nSPS) is 12.1. The van der Waals surface area contributed by atoms with Gasteiger partial charge in [0.2, 0.25) is 5.91 Å². The fourth-order valence-corrected chi connectivity index (χ4v) is 5.88. The molecule has 0 aromatic heterocycles. The number of rotatable bonds is 9. The smallest absolute Gasteiger partial charge is 0.264 e. The zero-order chi connectivity index (χ0) is 26.4. The molecule has 0 bridgehead atoms. The van der Waals surface area contributed by atoms with Crippen molar-refractivity contribution in [2.45, 2.75) is 22.8 Å². The molecular formula is C29H27FN2O3S2. The lowest BCUT2D eigenvalue weighted by Crippen LogP contribution is -2.42. The lowest BCUT2D eigenvalue weighted by Gasteiger charge is -2.27. The van der Waals surface area contributed by atoms with Gasteiger partial charge in [0, 0.05) is 4.90 Å². The van der Waals surface area contributed by atoms with Crippen LogP contribution in [0.3, 0.4) is 0 Å². The summed E-state index contributed by atoms with van der Waals surface area (Å²) in [5, 5.41) is 3.00. The van der Waals surface area contributed by atoms with Gasteiger partial charge in [0.25, 0.3) is 10.0 Å². The predicted octanol–water partition coefficient (Wildman–Crippen LogP) is 5.96. The van der Waals surface area contributed by atoms with E-state index in [1.807, 2.05) is 67.8 Å². The van der Waals surface area contributed by atoms with E-state index in [0.29, 0.717) is 0 Å². The standard InChI is InChI=1S/C29H27FN2O3S2/c1-21-9-6-7-14-27(21)29(22-10-4-3-5-11-22)31-28(33)20-32(24-13-8-12-23(30)19-24)37(34,35)26-17-15-25(36-2)16-18-26/h3-19,29H,20H2,1-2H3,(H,31,33). The van der Waals surface area contributed by atoms with Gasteiger partial charge in [-0.05, 0) is 72.3 Å². The molecule has 37 heavy (non-hydrogen) atoms. The fraction of sp³-hybridized carbons (Fsp3) is 0.138. The third kappa shape index (κ3) is 6.21. The number of halogens is 1. The van der Waals surface area contributed by atoms with Crippen LogP contribution in [0.5, 0.6) is 0 Å². The van der Waals surface area contributed by atoms with Crippen LogP contribution in [0.15, 0.2) is 113 Å². The van der Waals surface area contributed by atoms with Crippen molar-refractivity contribution in [3.8, 4) is 0 Å². The molecule has 1 N–H and O–H groups in total. The highest BCUT2D eigenvalue weighted by atomic mass is 32.2. The van der Waals surface area contributed by atoms with Gasteiger partial charge in [-0.3, -0.25) is 9.10 Å². The Balaban J connectivity index is 1.70. The third-order valence-corrected chi connectivity index (χ3v) is 8.50. The van der Waals surface area contributed by atoms with Crippen LogP contribution in [0.25, 0.3) is 0 Å². The highest BCUT2D eigenvalue weighted by molar-refractivity contribution is 7.98. The first-order valence-corrected chi connectivity index (χ1v) is 14.3. The van der Waals surface area contributed by atoms with E-state index in [-0.39, 0.29) is 10.6 Å². The van der Waals surface area contributed by atoms with Gasteiger partial charge in [-0.25, -0.2) is 12.8 Å². The molecule has 0 aliphatic heterocycles. The van der Waals surface area contributed by atoms with Crippen LogP contribution in [0.4, 0.5) is 10.1 Å². The summed E-state index contributed by atoms with van der Waals surface area (Å²) < 4.78 is 42.4. The Labute approximate surface area is 221 Å². The third-order valence-electron chi connectivity index (χ3n) is 5.97. The molecule has 1 amide bonds. The molecular weight excluding hydrogens is 507 g/mol. The van der Waals surface area contributed by atoms with Crippen LogP contribution < -0.4 is 9.62 Å². The minimum Gasteiger partial charge on any atom is -0.344 e. The second-order valence-corrected chi connectivity index (χ2v) is 11.2. The van der Waals surface area contributed by atoms with Crippen molar-refractivity contribution in [2.75, 3.05) is 17.1 Å². The van der Waals surface area contributed by atoms with E-state index in [2.05, 4.69) is 5.32 Å². The van der Waals surface area contributed by atoms with Gasteiger partial charge in [0.15, 0.2) is 0 Å². The van der Waals surface area contributed by atoms with E-state index in [4.69, 9.17) is 0 Å². The van der Waals surface area contributed by atoms with Crippen molar-refractivity contribution in [3.05, 3.63) is 126 Å². The van der Waals surface area contributed by atoms with E-state index in [0.717, 1.165) is 32.0 Å². The molecule has 190 valence electrons. The molecule has 0 aliphatic rings. The Morgan fingerprint density at radius 1 is 0.919 bits per heavy atom. The van der Waals surface area contributed by atoms with Crippen molar-refractivity contribution < 1.29 is 17.6 Å². The monoisotopic (exact) mass is 534 g/mol. The number of sulfonamides is 1. The van der Waals surface area contributed by atoms with E-state index in [1.54, 1.807) is 12.1 Å². The van der Waals surface area contributed by atoms with Gasteiger partial charge in [-0.1, -0.05) is 60.7 Å². The number of nitrogens with one attached hydrogen (secondary N) is 1. The van der Waals surface area contributed by atoms with Crippen LogP contribution in [0.1, 0.15) is 22.7 Å². The molecule has 4 rings (SSSR count). The van der Waals surface area contributed by atoms with Crippen LogP contribution in [-0.4, -0.2) is 27.1 Å². The molecule has 0 saturated carbocycles. The number of amides is 1. The lowest BCUT2D eigenvalue weighted by atomic mass is 9.95. The van der Waals surface area contributed by atoms with Crippen LogP contribution >= 0.6 is 11.8 Å². The van der Waals surface area contributed by atoms with E-state index in [1.165, 1.54) is 42.1 Å². The summed E-state index contributed by atoms with van der Waals surface area (Å²) in [6.07, 6.45) is 1.89. The number of aryl methyl sites for hydroxylation is 1. The predicted molar refractivity (Wildman–Crippen MR) is 147 cm³/mol. The van der Waals surface area contributed by atoms with Crippen molar-refractivity contribution >= 4 is 33.4 Å². The summed E-state index contributed by atoms with van der Waals surface area (Å²) in [6, 6.07) is 28.3. The van der Waals surface area contributed by atoms with Gasteiger partial charge in [-0.15, -0.1) is 11.8 Å². The largest absolute Gasteiger partial charge is 0.344 e. The van der Waals surface area contributed by atoms with Gasteiger partial charge in [-0.2, -0.15) is 0 Å². The molecule has 0 radical (unpaired) electrons. The topological polar surface area (TPSA) is 66.5 Å². The highest BCUT2D eigenvalue weighted by Crippen LogP contribution is 2.28. The Morgan fingerprint density at radius 3 is 2.24 bits per heavy atom. The number of hydrogen-bond acceptors (Lipinski definition) is 4. The first kappa shape index (κ1) is 26.4. The second kappa shape index (κ2) is 11.6. The summed E-state index contributed by atoms with van der Waals surface area (Å²) in [5.41, 5.74) is 2.81. The van der Waals surface area contributed by atoms with Gasteiger partial charge < -0.3 is 5.32 Å². The summed E-state index contributed by atoms with van der Waals surface area (Å²) in [5.74, 6) is -1.12. The Kier molecular flexibility index (Phi) is 8.31. The Hall–Kier alpha value is -3.62. The number of carbonyl (C=O) groups excluding carboxylic acids is 1. The molecule has 8 heteroatoms. The summed E-state index contributed by atoms with van der Waals surface area (Å²) in [6.45, 7) is 1.43. The number of anilines is 1. The molecule has 0 heterocycles. The van der Waals surface area contributed by atoms with Gasteiger partial charge in [0.1, 0.15) is 12.4 Å². The van der Waals surface area contributed by atoms with E-state index < -0.39 is 34.3 Å². The first-order valence-electron chi connectivity index (χ1n) is 11.6. The average molecular weight is 535 g/mol. The summed E-state index contributed by atoms with van der Waals surface area (Å²) >= 11 is 1.49. The molecule has 1 unspecified atom stereocenters. The average Bonchev–Trinajstić information content (AvgIpc) is 2.91. The number of benzene rings is 4. The first-order chi connectivity index (χ1) is 17.8. The quantitative estimate of drug-likeness (QED) is 0.269. The number of carbonyl (C=O) groups is 1. The summed E-state index contributed by atoms with van der Waals surface area (Å²) in [7, 11) is -4.17. The van der Waals surface area contributed by atoms with E-state index in [9.17, 15) is 17.6 Å². The minimum atomic E-state index is -4.17. The molecule has 0 saturated heterocycles. The van der Waals surface area contributed by atoms with E-state index >= 15 is 0 Å².